The van der Waals surface area contributed by atoms with Crippen molar-refractivity contribution < 1.29 is 17.7 Å². The van der Waals surface area contributed by atoms with E-state index in [1.165, 1.54) is 36.5 Å². The Balaban J connectivity index is 1.97. The SMILES string of the molecule is Cc1ccc(C(F)(F)c2nc(-c3ccc(C)c(F)c3)no2)nc1. The molecule has 3 aromatic rings. The molecule has 2 heterocycles. The molecule has 0 N–H and O–H groups in total. The van der Waals surface area contributed by atoms with E-state index in [1.807, 2.05) is 0 Å². The smallest absolute Gasteiger partial charge is 0.332 e. The zero-order chi connectivity index (χ0) is 16.6. The molecule has 1 aromatic carbocycles. The van der Waals surface area contributed by atoms with Crippen LogP contribution in [0.15, 0.2) is 41.1 Å². The summed E-state index contributed by atoms with van der Waals surface area (Å²) >= 11 is 0. The molecule has 4 nitrogen and oxygen atoms in total. The zero-order valence-electron chi connectivity index (χ0n) is 12.3. The first-order valence-electron chi connectivity index (χ1n) is 6.79. The molecular weight excluding hydrogens is 307 g/mol. The van der Waals surface area contributed by atoms with Crippen LogP contribution in [0.4, 0.5) is 13.2 Å². The van der Waals surface area contributed by atoms with Crippen molar-refractivity contribution in [1.82, 2.24) is 15.1 Å². The van der Waals surface area contributed by atoms with E-state index in [2.05, 4.69) is 19.6 Å². The van der Waals surface area contributed by atoms with E-state index in [0.29, 0.717) is 5.56 Å². The van der Waals surface area contributed by atoms with Gasteiger partial charge in [0.2, 0.25) is 5.82 Å². The van der Waals surface area contributed by atoms with Crippen molar-refractivity contribution in [2.24, 2.45) is 0 Å². The van der Waals surface area contributed by atoms with Gasteiger partial charge in [0.1, 0.15) is 11.5 Å². The Labute approximate surface area is 130 Å². The van der Waals surface area contributed by atoms with Crippen LogP contribution in [0, 0.1) is 19.7 Å². The fraction of sp³-hybridized carbons (Fsp3) is 0.188. The molecule has 0 fully saturated rings. The molecule has 0 saturated carbocycles. The van der Waals surface area contributed by atoms with Crippen molar-refractivity contribution >= 4 is 0 Å². The van der Waals surface area contributed by atoms with Gasteiger partial charge < -0.3 is 4.52 Å². The first-order chi connectivity index (χ1) is 10.9. The summed E-state index contributed by atoms with van der Waals surface area (Å²) in [6, 6.07) is 6.94. The number of aryl methyl sites for hydroxylation is 2. The maximum Gasteiger partial charge on any atom is 0.366 e. The van der Waals surface area contributed by atoms with Crippen molar-refractivity contribution in [3.63, 3.8) is 0 Å². The van der Waals surface area contributed by atoms with E-state index < -0.39 is 23.3 Å². The average Bonchev–Trinajstić information content (AvgIpc) is 3.01. The molecule has 0 amide bonds. The van der Waals surface area contributed by atoms with Gasteiger partial charge in [-0.15, -0.1) is 0 Å². The molecule has 23 heavy (non-hydrogen) atoms. The highest BCUT2D eigenvalue weighted by molar-refractivity contribution is 5.55. The lowest BCUT2D eigenvalue weighted by atomic mass is 10.1. The molecule has 0 unspecified atom stereocenters. The lowest BCUT2D eigenvalue weighted by molar-refractivity contribution is 0.00334. The van der Waals surface area contributed by atoms with Crippen LogP contribution in [0.1, 0.15) is 22.7 Å². The second-order valence-corrected chi connectivity index (χ2v) is 5.18. The van der Waals surface area contributed by atoms with Gasteiger partial charge in [-0.2, -0.15) is 13.8 Å². The van der Waals surface area contributed by atoms with Crippen LogP contribution in [-0.4, -0.2) is 15.1 Å². The first-order valence-corrected chi connectivity index (χ1v) is 6.79. The minimum Gasteiger partial charge on any atom is -0.332 e. The minimum atomic E-state index is -3.53. The van der Waals surface area contributed by atoms with Crippen molar-refractivity contribution in [2.75, 3.05) is 0 Å². The number of pyridine rings is 1. The van der Waals surface area contributed by atoms with Crippen LogP contribution in [0.3, 0.4) is 0 Å². The number of alkyl halides is 2. The van der Waals surface area contributed by atoms with Crippen LogP contribution in [0.2, 0.25) is 0 Å². The normalized spacial score (nSPS) is 11.7. The molecular formula is C16H12F3N3O. The molecule has 0 atom stereocenters. The van der Waals surface area contributed by atoms with Crippen LogP contribution in [0.5, 0.6) is 0 Å². The second kappa shape index (κ2) is 5.49. The number of rotatable bonds is 3. The van der Waals surface area contributed by atoms with Crippen LogP contribution in [-0.2, 0) is 5.92 Å². The summed E-state index contributed by atoms with van der Waals surface area (Å²) in [4.78, 5) is 7.38. The second-order valence-electron chi connectivity index (χ2n) is 5.18. The third kappa shape index (κ3) is 2.81. The van der Waals surface area contributed by atoms with E-state index in [-0.39, 0.29) is 11.4 Å². The Morgan fingerprint density at radius 2 is 1.87 bits per heavy atom. The number of aromatic nitrogens is 3. The van der Waals surface area contributed by atoms with E-state index >= 15 is 0 Å². The highest BCUT2D eigenvalue weighted by Gasteiger charge is 2.42. The summed E-state index contributed by atoms with van der Waals surface area (Å²) in [5.74, 6) is -4.99. The zero-order valence-corrected chi connectivity index (χ0v) is 12.3. The third-order valence-electron chi connectivity index (χ3n) is 3.36. The van der Waals surface area contributed by atoms with Crippen LogP contribution in [0.25, 0.3) is 11.4 Å². The van der Waals surface area contributed by atoms with Gasteiger partial charge in [-0.3, -0.25) is 4.98 Å². The van der Waals surface area contributed by atoms with E-state index in [1.54, 1.807) is 13.8 Å². The molecule has 2 aromatic heterocycles. The standard InChI is InChI=1S/C16H12F3N3O/c1-9-3-6-13(20-8-9)16(18,19)15-21-14(22-23-15)11-5-4-10(2)12(17)7-11/h3-8H,1-2H3. The fourth-order valence-electron chi connectivity index (χ4n) is 1.96. The minimum absolute atomic E-state index is 0.106. The summed E-state index contributed by atoms with van der Waals surface area (Å²) in [7, 11) is 0. The molecule has 0 radical (unpaired) electrons. The highest BCUT2D eigenvalue weighted by atomic mass is 19.3. The number of nitrogens with zero attached hydrogens (tertiary/aromatic N) is 3. The van der Waals surface area contributed by atoms with Gasteiger partial charge in [0, 0.05) is 11.8 Å². The van der Waals surface area contributed by atoms with Gasteiger partial charge in [-0.25, -0.2) is 4.39 Å². The summed E-state index contributed by atoms with van der Waals surface area (Å²) in [6.07, 6.45) is 1.33. The molecule has 7 heteroatoms. The largest absolute Gasteiger partial charge is 0.366 e. The van der Waals surface area contributed by atoms with Crippen molar-refractivity contribution in [1.29, 1.82) is 0 Å². The van der Waals surface area contributed by atoms with Gasteiger partial charge >= 0.3 is 11.8 Å². The lowest BCUT2D eigenvalue weighted by Gasteiger charge is -2.10. The predicted octanol–water partition coefficient (Wildman–Crippen LogP) is 4.03. The Kier molecular flexibility index (Phi) is 3.63. The summed E-state index contributed by atoms with van der Waals surface area (Å²) in [5, 5.41) is 3.51. The molecule has 0 spiro atoms. The Morgan fingerprint density at radius 1 is 1.09 bits per heavy atom. The molecule has 0 aliphatic rings. The Hall–Kier alpha value is -2.70. The van der Waals surface area contributed by atoms with Gasteiger partial charge in [0.05, 0.1) is 0 Å². The third-order valence-corrected chi connectivity index (χ3v) is 3.36. The van der Waals surface area contributed by atoms with Crippen LogP contribution < -0.4 is 0 Å². The number of benzene rings is 1. The van der Waals surface area contributed by atoms with E-state index in [9.17, 15) is 13.2 Å². The fourth-order valence-corrected chi connectivity index (χ4v) is 1.96. The first kappa shape index (κ1) is 15.2. The summed E-state index contributed by atoms with van der Waals surface area (Å²) in [5.41, 5.74) is 0.960. The maximum absolute atomic E-state index is 14.4. The molecule has 0 bridgehead atoms. The van der Waals surface area contributed by atoms with Crippen molar-refractivity contribution in [3.8, 4) is 11.4 Å². The maximum atomic E-state index is 14.4. The molecule has 0 saturated heterocycles. The van der Waals surface area contributed by atoms with E-state index in [0.717, 1.165) is 5.56 Å². The number of halogens is 3. The predicted molar refractivity (Wildman–Crippen MR) is 76.4 cm³/mol. The average molecular weight is 319 g/mol. The lowest BCUT2D eigenvalue weighted by Crippen LogP contribution is -2.17. The van der Waals surface area contributed by atoms with Crippen molar-refractivity contribution in [3.05, 3.63) is 65.1 Å². The van der Waals surface area contributed by atoms with Gasteiger partial charge in [-0.05, 0) is 37.1 Å². The summed E-state index contributed by atoms with van der Waals surface area (Å²) < 4.78 is 46.9. The highest BCUT2D eigenvalue weighted by Crippen LogP contribution is 2.34. The van der Waals surface area contributed by atoms with E-state index in [4.69, 9.17) is 0 Å². The Morgan fingerprint density at radius 3 is 2.52 bits per heavy atom. The van der Waals surface area contributed by atoms with Gasteiger partial charge in [0.15, 0.2) is 0 Å². The monoisotopic (exact) mass is 319 g/mol. The quantitative estimate of drug-likeness (QED) is 0.731. The molecule has 0 aliphatic heterocycles. The van der Waals surface area contributed by atoms with Gasteiger partial charge in [-0.1, -0.05) is 23.4 Å². The Bertz CT molecular complexity index is 844. The number of hydrogen-bond acceptors (Lipinski definition) is 4. The number of hydrogen-bond donors (Lipinski definition) is 0. The summed E-state index contributed by atoms with van der Waals surface area (Å²) in [6.45, 7) is 3.34. The molecule has 118 valence electrons. The van der Waals surface area contributed by atoms with Crippen LogP contribution >= 0.6 is 0 Å². The topological polar surface area (TPSA) is 51.8 Å². The van der Waals surface area contributed by atoms with Crippen molar-refractivity contribution in [2.45, 2.75) is 19.8 Å². The molecule has 3 rings (SSSR count). The van der Waals surface area contributed by atoms with Gasteiger partial charge in [0.25, 0.3) is 0 Å². The molecule has 0 aliphatic carbocycles.